The van der Waals surface area contributed by atoms with Crippen molar-refractivity contribution < 1.29 is 23.8 Å². The van der Waals surface area contributed by atoms with Crippen LogP contribution in [0, 0.1) is 5.92 Å². The molecule has 1 amide bonds. The van der Waals surface area contributed by atoms with Crippen LogP contribution in [0.2, 0.25) is 0 Å². The SMILES string of the molecule is C[C@@H](NC(=O)COC(=O)c1ccc(OC[C@@H]2CCCO2)cc1)C1CC1. The van der Waals surface area contributed by atoms with Gasteiger partial charge in [-0.1, -0.05) is 0 Å². The van der Waals surface area contributed by atoms with Gasteiger partial charge in [-0.3, -0.25) is 4.79 Å². The molecule has 1 N–H and O–H groups in total. The summed E-state index contributed by atoms with van der Waals surface area (Å²) in [4.78, 5) is 23.8. The Morgan fingerprint density at radius 2 is 2.00 bits per heavy atom. The third kappa shape index (κ3) is 5.46. The summed E-state index contributed by atoms with van der Waals surface area (Å²) in [7, 11) is 0. The van der Waals surface area contributed by atoms with Crippen LogP contribution in [0.3, 0.4) is 0 Å². The maximum Gasteiger partial charge on any atom is 0.338 e. The van der Waals surface area contributed by atoms with E-state index in [1.165, 1.54) is 0 Å². The number of nitrogens with one attached hydrogen (secondary N) is 1. The molecule has 1 aliphatic carbocycles. The lowest BCUT2D eigenvalue weighted by molar-refractivity contribution is -0.124. The van der Waals surface area contributed by atoms with Crippen molar-refractivity contribution in [2.45, 2.75) is 44.8 Å². The van der Waals surface area contributed by atoms with E-state index in [1.54, 1.807) is 24.3 Å². The summed E-state index contributed by atoms with van der Waals surface area (Å²) in [5, 5.41) is 2.85. The molecule has 0 unspecified atom stereocenters. The lowest BCUT2D eigenvalue weighted by Gasteiger charge is -2.13. The Labute approximate surface area is 147 Å². The van der Waals surface area contributed by atoms with E-state index >= 15 is 0 Å². The first kappa shape index (κ1) is 17.7. The van der Waals surface area contributed by atoms with Crippen LogP contribution in [-0.4, -0.2) is 43.8 Å². The molecule has 1 aliphatic heterocycles. The summed E-state index contributed by atoms with van der Waals surface area (Å²) >= 11 is 0. The van der Waals surface area contributed by atoms with Crippen molar-refractivity contribution >= 4 is 11.9 Å². The molecule has 136 valence electrons. The second-order valence-corrected chi connectivity index (χ2v) is 6.74. The summed E-state index contributed by atoms with van der Waals surface area (Å²) in [6.45, 7) is 3.04. The molecule has 6 nitrogen and oxygen atoms in total. The van der Waals surface area contributed by atoms with Crippen LogP contribution < -0.4 is 10.1 Å². The maximum absolute atomic E-state index is 12.0. The quantitative estimate of drug-likeness (QED) is 0.731. The Morgan fingerprint density at radius 3 is 2.64 bits per heavy atom. The molecular formula is C19H25NO5. The third-order valence-corrected chi connectivity index (χ3v) is 4.60. The van der Waals surface area contributed by atoms with Crippen LogP contribution in [0.5, 0.6) is 5.75 Å². The Morgan fingerprint density at radius 1 is 1.24 bits per heavy atom. The zero-order valence-corrected chi connectivity index (χ0v) is 14.5. The van der Waals surface area contributed by atoms with E-state index < -0.39 is 5.97 Å². The van der Waals surface area contributed by atoms with Crippen LogP contribution in [0.1, 0.15) is 43.0 Å². The molecule has 3 rings (SSSR count). The fraction of sp³-hybridized carbons (Fsp3) is 0.579. The average molecular weight is 347 g/mol. The Balaban J connectivity index is 1.39. The summed E-state index contributed by atoms with van der Waals surface area (Å²) in [5.41, 5.74) is 0.396. The van der Waals surface area contributed by atoms with E-state index in [1.807, 2.05) is 6.92 Å². The monoisotopic (exact) mass is 347 g/mol. The molecule has 2 atom stereocenters. The smallest absolute Gasteiger partial charge is 0.338 e. The predicted octanol–water partition coefficient (Wildman–Crippen LogP) is 2.32. The molecule has 1 heterocycles. The number of carbonyl (C=O) groups is 2. The number of esters is 1. The molecule has 1 saturated carbocycles. The Hall–Kier alpha value is -2.08. The first-order valence-electron chi connectivity index (χ1n) is 8.93. The minimum Gasteiger partial charge on any atom is -0.491 e. The number of rotatable bonds is 8. The van der Waals surface area contributed by atoms with Crippen LogP contribution in [0.15, 0.2) is 24.3 Å². The van der Waals surface area contributed by atoms with Crippen molar-refractivity contribution in [3.63, 3.8) is 0 Å². The second kappa shape index (κ2) is 8.34. The molecule has 0 bridgehead atoms. The molecule has 0 spiro atoms. The Bertz CT molecular complexity index is 590. The van der Waals surface area contributed by atoms with Gasteiger partial charge in [0.2, 0.25) is 0 Å². The number of hydrogen-bond acceptors (Lipinski definition) is 5. The zero-order chi connectivity index (χ0) is 17.6. The first-order chi connectivity index (χ1) is 12.1. The summed E-state index contributed by atoms with van der Waals surface area (Å²) in [5.74, 6) is 0.481. The van der Waals surface area contributed by atoms with E-state index in [4.69, 9.17) is 14.2 Å². The zero-order valence-electron chi connectivity index (χ0n) is 14.5. The van der Waals surface area contributed by atoms with Gasteiger partial charge < -0.3 is 19.5 Å². The largest absolute Gasteiger partial charge is 0.491 e. The molecule has 2 aliphatic rings. The van der Waals surface area contributed by atoms with Crippen LogP contribution in [0.25, 0.3) is 0 Å². The van der Waals surface area contributed by atoms with E-state index in [0.29, 0.717) is 23.8 Å². The van der Waals surface area contributed by atoms with Crippen LogP contribution in [0.4, 0.5) is 0 Å². The fourth-order valence-corrected chi connectivity index (χ4v) is 2.88. The third-order valence-electron chi connectivity index (χ3n) is 4.60. The topological polar surface area (TPSA) is 73.9 Å². The highest BCUT2D eigenvalue weighted by molar-refractivity contribution is 5.91. The standard InChI is InChI=1S/C19H25NO5/c1-13(14-4-5-14)20-18(21)12-25-19(22)15-6-8-16(9-7-15)24-11-17-3-2-10-23-17/h6-9,13-14,17H,2-5,10-12H2,1H3,(H,20,21)/t13-,17+/m1/s1. The fourth-order valence-electron chi connectivity index (χ4n) is 2.88. The average Bonchev–Trinajstić information content (AvgIpc) is 3.35. The van der Waals surface area contributed by atoms with E-state index in [2.05, 4.69) is 5.32 Å². The molecule has 2 fully saturated rings. The highest BCUT2D eigenvalue weighted by Gasteiger charge is 2.29. The maximum atomic E-state index is 12.0. The molecule has 25 heavy (non-hydrogen) atoms. The van der Waals surface area contributed by atoms with Gasteiger partial charge in [-0.05, 0) is 62.8 Å². The van der Waals surface area contributed by atoms with Gasteiger partial charge in [0, 0.05) is 12.6 Å². The molecule has 6 heteroatoms. The highest BCUT2D eigenvalue weighted by Crippen LogP contribution is 2.32. The number of hydrogen-bond donors (Lipinski definition) is 1. The molecule has 1 aromatic carbocycles. The van der Waals surface area contributed by atoms with Crippen molar-refractivity contribution in [3.8, 4) is 5.75 Å². The van der Waals surface area contributed by atoms with Crippen molar-refractivity contribution in [2.75, 3.05) is 19.8 Å². The molecule has 0 aromatic heterocycles. The van der Waals surface area contributed by atoms with Gasteiger partial charge in [0.05, 0.1) is 11.7 Å². The van der Waals surface area contributed by atoms with Gasteiger partial charge in [-0.2, -0.15) is 0 Å². The lowest BCUT2D eigenvalue weighted by Crippen LogP contribution is -2.37. The number of benzene rings is 1. The number of carbonyl (C=O) groups excluding carboxylic acids is 2. The normalized spacial score (nSPS) is 20.8. The van der Waals surface area contributed by atoms with E-state index in [0.717, 1.165) is 32.3 Å². The van der Waals surface area contributed by atoms with Crippen LogP contribution >= 0.6 is 0 Å². The van der Waals surface area contributed by atoms with Gasteiger partial charge in [0.15, 0.2) is 6.61 Å². The van der Waals surface area contributed by atoms with E-state index in [-0.39, 0.29) is 24.7 Å². The van der Waals surface area contributed by atoms with Crippen molar-refractivity contribution in [2.24, 2.45) is 5.92 Å². The van der Waals surface area contributed by atoms with Gasteiger partial charge >= 0.3 is 5.97 Å². The first-order valence-corrected chi connectivity index (χ1v) is 8.93. The van der Waals surface area contributed by atoms with Gasteiger partial charge in [0.1, 0.15) is 12.4 Å². The van der Waals surface area contributed by atoms with E-state index in [9.17, 15) is 9.59 Å². The highest BCUT2D eigenvalue weighted by atomic mass is 16.5. The minimum absolute atomic E-state index is 0.145. The molecular weight excluding hydrogens is 322 g/mol. The van der Waals surface area contributed by atoms with Crippen molar-refractivity contribution in [1.82, 2.24) is 5.32 Å². The summed E-state index contributed by atoms with van der Waals surface area (Å²) < 4.78 is 16.2. The summed E-state index contributed by atoms with van der Waals surface area (Å²) in [6.07, 6.45) is 4.56. The van der Waals surface area contributed by atoms with Crippen molar-refractivity contribution in [1.29, 1.82) is 0 Å². The van der Waals surface area contributed by atoms with Crippen LogP contribution in [-0.2, 0) is 14.3 Å². The Kier molecular flexibility index (Phi) is 5.91. The van der Waals surface area contributed by atoms with Crippen molar-refractivity contribution in [3.05, 3.63) is 29.8 Å². The second-order valence-electron chi connectivity index (χ2n) is 6.74. The lowest BCUT2D eigenvalue weighted by atomic mass is 10.2. The number of amides is 1. The summed E-state index contributed by atoms with van der Waals surface area (Å²) in [6, 6.07) is 6.86. The van der Waals surface area contributed by atoms with Gasteiger partial charge in [-0.15, -0.1) is 0 Å². The van der Waals surface area contributed by atoms with Gasteiger partial charge in [-0.25, -0.2) is 4.79 Å². The molecule has 0 radical (unpaired) electrons. The minimum atomic E-state index is -0.514. The van der Waals surface area contributed by atoms with Gasteiger partial charge in [0.25, 0.3) is 5.91 Å². The predicted molar refractivity (Wildman–Crippen MR) is 91.5 cm³/mol. The number of ether oxygens (including phenoxy) is 3. The molecule has 1 aromatic rings. The molecule has 1 saturated heterocycles.